The summed E-state index contributed by atoms with van der Waals surface area (Å²) in [6.07, 6.45) is 0.808. The van der Waals surface area contributed by atoms with E-state index in [1.54, 1.807) is 42.5 Å². The number of hydrogen-bond acceptors (Lipinski definition) is 8. The molecule has 4 rings (SSSR count). The summed E-state index contributed by atoms with van der Waals surface area (Å²) < 4.78 is 11.2. The Balaban J connectivity index is 1.40. The van der Waals surface area contributed by atoms with Crippen molar-refractivity contribution in [2.75, 3.05) is 24.3 Å². The molecule has 2 aromatic carbocycles. The number of nitrogens with one attached hydrogen (secondary N) is 1. The Morgan fingerprint density at radius 3 is 2.80 bits per heavy atom. The second-order valence-electron chi connectivity index (χ2n) is 6.52. The molecule has 0 radical (unpaired) electrons. The smallest absolute Gasteiger partial charge is 0.232 e. The van der Waals surface area contributed by atoms with E-state index in [1.165, 1.54) is 23.5 Å². The molecule has 2 heterocycles. The van der Waals surface area contributed by atoms with Gasteiger partial charge in [-0.25, -0.2) is 0 Å². The Morgan fingerprint density at radius 1 is 1.13 bits per heavy atom. The first-order valence-corrected chi connectivity index (χ1v) is 10.3. The van der Waals surface area contributed by atoms with Crippen molar-refractivity contribution in [1.82, 2.24) is 20.2 Å². The average molecular weight is 425 g/mol. The van der Waals surface area contributed by atoms with Gasteiger partial charge in [-0.3, -0.25) is 9.59 Å². The molecule has 0 spiro atoms. The molecule has 0 unspecified atom stereocenters. The number of rotatable bonds is 6. The van der Waals surface area contributed by atoms with E-state index >= 15 is 0 Å². The maximum Gasteiger partial charge on any atom is 0.232 e. The van der Waals surface area contributed by atoms with Crippen molar-refractivity contribution in [1.29, 1.82) is 0 Å². The van der Waals surface area contributed by atoms with Crippen LogP contribution in [0.25, 0.3) is 5.69 Å². The highest BCUT2D eigenvalue weighted by Gasteiger charge is 2.15. The zero-order valence-corrected chi connectivity index (χ0v) is 17.0. The predicted octanol–water partition coefficient (Wildman–Crippen LogP) is 2.76. The molecule has 30 heavy (non-hydrogen) atoms. The zero-order chi connectivity index (χ0) is 20.9. The third-order valence-electron chi connectivity index (χ3n) is 4.19. The number of carbonyl (C=O) groups is 2. The highest BCUT2D eigenvalue weighted by Crippen LogP contribution is 2.31. The van der Waals surface area contributed by atoms with E-state index in [0.717, 1.165) is 6.42 Å². The summed E-state index contributed by atoms with van der Waals surface area (Å²) in [7, 11) is 0. The SMILES string of the molecule is CC(=O)Nc1cccc(-n2nnc(SCC(=O)c3ccc4c(c3)OCCCO4)n2)c1. The molecule has 154 valence electrons. The number of Topliss-reactive ketones (excluding diaryl/α,β-unsaturated/α-hetero) is 1. The van der Waals surface area contributed by atoms with Crippen molar-refractivity contribution in [2.45, 2.75) is 18.5 Å². The van der Waals surface area contributed by atoms with Crippen LogP contribution in [0.5, 0.6) is 11.5 Å². The topological polar surface area (TPSA) is 108 Å². The first kappa shape index (κ1) is 19.9. The fourth-order valence-electron chi connectivity index (χ4n) is 2.83. The van der Waals surface area contributed by atoms with Gasteiger partial charge in [0.15, 0.2) is 17.3 Å². The van der Waals surface area contributed by atoms with Gasteiger partial charge in [0, 0.05) is 24.6 Å². The number of fused-ring (bicyclic) bond motifs is 1. The zero-order valence-electron chi connectivity index (χ0n) is 16.2. The monoisotopic (exact) mass is 425 g/mol. The van der Waals surface area contributed by atoms with Crippen LogP contribution < -0.4 is 14.8 Å². The van der Waals surface area contributed by atoms with Crippen LogP contribution in [-0.2, 0) is 4.79 Å². The van der Waals surface area contributed by atoms with Crippen LogP contribution in [0.3, 0.4) is 0 Å². The lowest BCUT2D eigenvalue weighted by Crippen LogP contribution is -2.07. The minimum atomic E-state index is -0.164. The number of nitrogens with zero attached hydrogens (tertiary/aromatic N) is 4. The van der Waals surface area contributed by atoms with Gasteiger partial charge < -0.3 is 14.8 Å². The Morgan fingerprint density at radius 2 is 1.97 bits per heavy atom. The van der Waals surface area contributed by atoms with E-state index < -0.39 is 0 Å². The number of carbonyl (C=O) groups excluding carboxylic acids is 2. The second kappa shape index (κ2) is 8.95. The Labute approximate surface area is 176 Å². The molecule has 1 N–H and O–H groups in total. The first-order chi connectivity index (χ1) is 14.6. The number of thioether (sulfide) groups is 1. The maximum atomic E-state index is 12.6. The van der Waals surface area contributed by atoms with Crippen molar-refractivity contribution < 1.29 is 19.1 Å². The third kappa shape index (κ3) is 4.77. The molecule has 10 heteroatoms. The quantitative estimate of drug-likeness (QED) is 0.474. The Bertz CT molecular complexity index is 1080. The van der Waals surface area contributed by atoms with Crippen molar-refractivity contribution in [3.63, 3.8) is 0 Å². The molecule has 0 bridgehead atoms. The number of ketones is 1. The van der Waals surface area contributed by atoms with Gasteiger partial charge in [0.1, 0.15) is 0 Å². The van der Waals surface area contributed by atoms with Gasteiger partial charge in [-0.2, -0.15) is 0 Å². The van der Waals surface area contributed by atoms with Crippen molar-refractivity contribution in [3.8, 4) is 17.2 Å². The molecular weight excluding hydrogens is 406 g/mol. The van der Waals surface area contributed by atoms with Gasteiger partial charge in [0.05, 0.1) is 24.7 Å². The first-order valence-electron chi connectivity index (χ1n) is 9.32. The summed E-state index contributed by atoms with van der Waals surface area (Å²) in [5.41, 5.74) is 1.83. The van der Waals surface area contributed by atoms with Crippen molar-refractivity contribution in [2.24, 2.45) is 0 Å². The third-order valence-corrected chi connectivity index (χ3v) is 5.02. The van der Waals surface area contributed by atoms with Crippen molar-refractivity contribution in [3.05, 3.63) is 48.0 Å². The molecule has 0 saturated heterocycles. The van der Waals surface area contributed by atoms with E-state index in [9.17, 15) is 9.59 Å². The molecule has 1 aliphatic rings. The maximum absolute atomic E-state index is 12.6. The molecule has 0 atom stereocenters. The summed E-state index contributed by atoms with van der Waals surface area (Å²) in [5.74, 6) is 1.18. The van der Waals surface area contributed by atoms with Crippen LogP contribution in [-0.4, -0.2) is 50.9 Å². The summed E-state index contributed by atoms with van der Waals surface area (Å²) in [4.78, 5) is 25.1. The van der Waals surface area contributed by atoms with Crippen LogP contribution in [0.4, 0.5) is 5.69 Å². The summed E-state index contributed by atoms with van der Waals surface area (Å²) >= 11 is 1.20. The summed E-state index contributed by atoms with van der Waals surface area (Å²) in [6.45, 7) is 2.61. The van der Waals surface area contributed by atoms with E-state index in [4.69, 9.17) is 9.47 Å². The Kier molecular flexibility index (Phi) is 5.94. The number of benzene rings is 2. The second-order valence-corrected chi connectivity index (χ2v) is 7.46. The summed E-state index contributed by atoms with van der Waals surface area (Å²) in [6, 6.07) is 12.3. The lowest BCUT2D eigenvalue weighted by molar-refractivity contribution is -0.114. The molecule has 3 aromatic rings. The fraction of sp³-hybridized carbons (Fsp3) is 0.250. The molecular formula is C20H19N5O4S. The molecule has 0 saturated carbocycles. The molecule has 9 nitrogen and oxygen atoms in total. The average Bonchev–Trinajstić information content (AvgIpc) is 3.09. The number of hydrogen-bond donors (Lipinski definition) is 1. The van der Waals surface area contributed by atoms with Crippen LogP contribution in [0.2, 0.25) is 0 Å². The van der Waals surface area contributed by atoms with Gasteiger partial charge in [0.25, 0.3) is 0 Å². The van der Waals surface area contributed by atoms with Crippen molar-refractivity contribution >= 4 is 29.1 Å². The van der Waals surface area contributed by atoms with E-state index in [2.05, 4.69) is 20.7 Å². The Hall–Kier alpha value is -3.40. The number of ether oxygens (including phenoxy) is 2. The molecule has 1 aromatic heterocycles. The van der Waals surface area contributed by atoms with E-state index in [1.807, 2.05) is 0 Å². The highest BCUT2D eigenvalue weighted by molar-refractivity contribution is 7.99. The molecule has 0 aliphatic carbocycles. The lowest BCUT2D eigenvalue weighted by Gasteiger charge is -2.08. The predicted molar refractivity (Wildman–Crippen MR) is 111 cm³/mol. The molecule has 0 fully saturated rings. The summed E-state index contributed by atoms with van der Waals surface area (Å²) in [5, 5.41) is 15.4. The normalized spacial score (nSPS) is 12.8. The van der Waals surface area contributed by atoms with Crippen LogP contribution in [0.15, 0.2) is 47.6 Å². The lowest BCUT2D eigenvalue weighted by atomic mass is 10.1. The minimum absolute atomic E-state index is 0.0698. The largest absolute Gasteiger partial charge is 0.490 e. The number of tetrazole rings is 1. The van der Waals surface area contributed by atoms with Crippen LogP contribution >= 0.6 is 11.8 Å². The number of aromatic nitrogens is 4. The van der Waals surface area contributed by atoms with Crippen LogP contribution in [0.1, 0.15) is 23.7 Å². The minimum Gasteiger partial charge on any atom is -0.490 e. The van der Waals surface area contributed by atoms with Gasteiger partial charge in [-0.05, 0) is 41.6 Å². The molecule has 1 aliphatic heterocycles. The van der Waals surface area contributed by atoms with Gasteiger partial charge in [-0.15, -0.1) is 15.0 Å². The number of anilines is 1. The fourth-order valence-corrected chi connectivity index (χ4v) is 3.49. The molecule has 1 amide bonds. The standard InChI is InChI=1S/C20H19N5O4S/c1-13(26)21-15-4-2-5-16(11-15)25-23-20(22-24-25)30-12-17(27)14-6-7-18-19(10-14)29-9-3-8-28-18/h2,4-7,10-11H,3,8-9,12H2,1H3,(H,21,26). The number of amides is 1. The van der Waals surface area contributed by atoms with Gasteiger partial charge in [0.2, 0.25) is 11.1 Å². The van der Waals surface area contributed by atoms with Gasteiger partial charge >= 0.3 is 0 Å². The van der Waals surface area contributed by atoms with Gasteiger partial charge in [-0.1, -0.05) is 17.8 Å². The van der Waals surface area contributed by atoms with E-state index in [0.29, 0.717) is 46.8 Å². The van der Waals surface area contributed by atoms with Crippen LogP contribution in [0, 0.1) is 0 Å². The van der Waals surface area contributed by atoms with E-state index in [-0.39, 0.29) is 17.4 Å². The highest BCUT2D eigenvalue weighted by atomic mass is 32.2.